The Balaban J connectivity index is -0.000000467. The van der Waals surface area contributed by atoms with E-state index < -0.39 is 0 Å². The number of aromatic nitrogens is 3. The fraction of sp³-hybridized carbons (Fsp3) is 0.615. The molecule has 0 aliphatic carbocycles. The number of hydrogen-bond donors (Lipinski definition) is 1. The van der Waals surface area contributed by atoms with Crippen LogP contribution in [0, 0.1) is 13.8 Å². The average Bonchev–Trinajstić information content (AvgIpc) is 2.79. The minimum Gasteiger partial charge on any atom is -0.356 e. The summed E-state index contributed by atoms with van der Waals surface area (Å²) in [6, 6.07) is 0. The van der Waals surface area contributed by atoms with Gasteiger partial charge in [0.15, 0.2) is 0 Å². The molecule has 117 valence electrons. The Morgan fingerprint density at radius 3 is 2.37 bits per heavy atom. The third kappa shape index (κ3) is 15.2. The van der Waals surface area contributed by atoms with E-state index in [0.717, 1.165) is 25.9 Å². The molecule has 1 aromatic heterocycles. The van der Waals surface area contributed by atoms with E-state index in [1.807, 2.05) is 13.8 Å². The molecule has 0 saturated carbocycles. The van der Waals surface area contributed by atoms with Crippen LogP contribution in [-0.2, 0) is 33.7 Å². The molecule has 1 rings (SSSR count). The van der Waals surface area contributed by atoms with Crippen LogP contribution in [-0.4, -0.2) is 27.4 Å². The van der Waals surface area contributed by atoms with Crippen molar-refractivity contribution >= 4 is 5.91 Å². The number of unbranched alkanes of at least 4 members (excludes halogenated alkanes) is 1. The summed E-state index contributed by atoms with van der Waals surface area (Å²) < 4.78 is 1.76. The van der Waals surface area contributed by atoms with Crippen molar-refractivity contribution in [2.45, 2.75) is 47.1 Å². The van der Waals surface area contributed by atoms with Crippen molar-refractivity contribution in [3.05, 3.63) is 25.7 Å². The zero-order chi connectivity index (χ0) is 14.4. The summed E-state index contributed by atoms with van der Waals surface area (Å²) in [5.74, 6) is 0.0193. The van der Waals surface area contributed by atoms with Gasteiger partial charge in [-0.05, 0) is 12.8 Å². The zero-order valence-electron chi connectivity index (χ0n) is 12.4. The minimum absolute atomic E-state index is 0. The third-order valence-electron chi connectivity index (χ3n) is 1.77. The number of carbonyl (C=O) groups is 1. The topological polar surface area (TPSA) is 59.8 Å². The number of rotatable bonds is 5. The van der Waals surface area contributed by atoms with Crippen LogP contribution in [0.25, 0.3) is 0 Å². The molecule has 0 aliphatic heterocycles. The maximum Gasteiger partial charge on any atom is 0.216 e. The Bertz CT molecular complexity index is 303. The predicted octanol–water partition coefficient (Wildman–Crippen LogP) is 2.24. The Kier molecular flexibility index (Phi) is 21.1. The number of aryl methyl sites for hydroxylation is 1. The van der Waals surface area contributed by atoms with E-state index in [1.54, 1.807) is 17.8 Å². The van der Waals surface area contributed by atoms with E-state index in [4.69, 9.17) is 0 Å². The number of carbonyl (C=O) groups excluding carboxylic acids is 1. The molecule has 6 heteroatoms. The fourth-order valence-electron chi connectivity index (χ4n) is 1.11. The van der Waals surface area contributed by atoms with E-state index in [9.17, 15) is 4.79 Å². The quantitative estimate of drug-likeness (QED) is 0.425. The molecule has 0 fully saturated rings. The summed E-state index contributed by atoms with van der Waals surface area (Å²) in [5, 5.41) is 10.4. The Hall–Kier alpha value is -0.780. The molecule has 0 atom stereocenters. The Labute approximate surface area is 133 Å². The molecule has 1 heterocycles. The second-order valence-corrected chi connectivity index (χ2v) is 3.16. The third-order valence-corrected chi connectivity index (χ3v) is 1.77. The summed E-state index contributed by atoms with van der Waals surface area (Å²) in [6.45, 7) is 15.7. The summed E-state index contributed by atoms with van der Waals surface area (Å²) >= 11 is 0. The molecule has 0 spiro atoms. The first kappa shape index (κ1) is 23.3. The Morgan fingerprint density at radius 1 is 1.37 bits per heavy atom. The van der Waals surface area contributed by atoms with Crippen LogP contribution in [0.4, 0.5) is 0 Å². The summed E-state index contributed by atoms with van der Waals surface area (Å²) in [5.41, 5.74) is 0.687. The van der Waals surface area contributed by atoms with Crippen molar-refractivity contribution in [3.8, 4) is 0 Å². The summed E-state index contributed by atoms with van der Waals surface area (Å²) in [4.78, 5) is 10.5. The molecular weight excluding hydrogens is 425 g/mol. The molecule has 5 nitrogen and oxygen atoms in total. The van der Waals surface area contributed by atoms with Gasteiger partial charge in [0.25, 0.3) is 0 Å². The number of nitrogens with zero attached hydrogens (tertiary/aromatic N) is 3. The maximum absolute atomic E-state index is 10.5. The van der Waals surface area contributed by atoms with Crippen molar-refractivity contribution in [3.63, 3.8) is 0 Å². The second kappa shape index (κ2) is 17.2. The molecule has 1 aromatic rings. The van der Waals surface area contributed by atoms with Gasteiger partial charge in [-0.2, -0.15) is 12.0 Å². The molecule has 0 aliphatic rings. The van der Waals surface area contributed by atoms with Gasteiger partial charge in [0, 0.05) is 42.4 Å². The van der Waals surface area contributed by atoms with E-state index in [2.05, 4.69) is 29.5 Å². The average molecular weight is 451 g/mol. The van der Waals surface area contributed by atoms with Gasteiger partial charge in [-0.25, -0.2) is 6.92 Å². The first-order valence-electron chi connectivity index (χ1n) is 6.36. The van der Waals surface area contributed by atoms with E-state index in [1.165, 1.54) is 6.92 Å². The van der Waals surface area contributed by atoms with Crippen LogP contribution in [0.5, 0.6) is 0 Å². The molecule has 0 unspecified atom stereocenters. The fourth-order valence-corrected chi connectivity index (χ4v) is 1.11. The Morgan fingerprint density at radius 2 is 1.95 bits per heavy atom. The van der Waals surface area contributed by atoms with Crippen molar-refractivity contribution in [1.82, 2.24) is 20.3 Å². The minimum atomic E-state index is 0. The summed E-state index contributed by atoms with van der Waals surface area (Å²) in [7, 11) is 0. The van der Waals surface area contributed by atoms with Gasteiger partial charge >= 0.3 is 0 Å². The van der Waals surface area contributed by atoms with Gasteiger partial charge in [-0.15, -0.1) is 0 Å². The van der Waals surface area contributed by atoms with Gasteiger partial charge in [0.1, 0.15) is 0 Å². The largest absolute Gasteiger partial charge is 0.356 e. The first-order valence-corrected chi connectivity index (χ1v) is 6.36. The molecular formula is C13H26AuN4O-2. The van der Waals surface area contributed by atoms with Crippen LogP contribution in [0.2, 0.25) is 0 Å². The van der Waals surface area contributed by atoms with Crippen LogP contribution < -0.4 is 5.32 Å². The molecule has 1 radical (unpaired) electrons. The van der Waals surface area contributed by atoms with Crippen LogP contribution in [0.15, 0.2) is 6.20 Å². The van der Waals surface area contributed by atoms with Gasteiger partial charge in [-0.1, -0.05) is 31.0 Å². The van der Waals surface area contributed by atoms with Crippen molar-refractivity contribution in [1.29, 1.82) is 0 Å². The standard InChI is InChI=1S/C9H15N4O.C2H6.C2H5.Au/c1-8-7-13(12-11-8)6-4-3-5-10-9(2)14;2*1-2;/h7H,1,3-6H2,2H3,(H,10,14);1-2H3;1H2,2H3;/q-1;;-1;. The van der Waals surface area contributed by atoms with Crippen LogP contribution in [0.3, 0.4) is 0 Å². The monoisotopic (exact) mass is 451 g/mol. The van der Waals surface area contributed by atoms with Crippen molar-refractivity contribution in [2.24, 2.45) is 0 Å². The van der Waals surface area contributed by atoms with Gasteiger partial charge in [0.2, 0.25) is 5.91 Å². The molecule has 19 heavy (non-hydrogen) atoms. The van der Waals surface area contributed by atoms with Crippen LogP contribution >= 0.6 is 0 Å². The van der Waals surface area contributed by atoms with Gasteiger partial charge in [-0.3, -0.25) is 4.79 Å². The molecule has 0 bridgehead atoms. The number of hydrogen-bond acceptors (Lipinski definition) is 3. The van der Waals surface area contributed by atoms with Crippen molar-refractivity contribution in [2.75, 3.05) is 6.54 Å². The predicted molar refractivity (Wildman–Crippen MR) is 74.8 cm³/mol. The molecule has 1 N–H and O–H groups in total. The maximum atomic E-state index is 10.5. The number of amides is 1. The van der Waals surface area contributed by atoms with Crippen molar-refractivity contribution < 1.29 is 27.2 Å². The van der Waals surface area contributed by atoms with E-state index in [-0.39, 0.29) is 28.3 Å². The van der Waals surface area contributed by atoms with Gasteiger partial charge in [0.05, 0.1) is 0 Å². The zero-order valence-corrected chi connectivity index (χ0v) is 14.5. The molecule has 1 amide bonds. The van der Waals surface area contributed by atoms with Crippen LogP contribution in [0.1, 0.15) is 46.2 Å². The SMILES string of the molecule is CC.[Au].[CH2-]C.[CH2-]c1cn(CCCCNC(C)=O)nn1. The normalized spacial score (nSPS) is 8.05. The smallest absolute Gasteiger partial charge is 0.216 e. The number of nitrogens with one attached hydrogen (secondary N) is 1. The van der Waals surface area contributed by atoms with E-state index in [0.29, 0.717) is 5.69 Å². The van der Waals surface area contributed by atoms with Gasteiger partial charge < -0.3 is 16.9 Å². The first-order chi connectivity index (χ1) is 8.68. The van der Waals surface area contributed by atoms with E-state index >= 15 is 0 Å². The summed E-state index contributed by atoms with van der Waals surface area (Å²) in [6.07, 6.45) is 3.73. The molecule has 0 saturated heterocycles. The molecule has 0 aromatic carbocycles. The second-order valence-electron chi connectivity index (χ2n) is 3.16.